The molecule has 142 valence electrons. The number of nitrogens with zero attached hydrogens (tertiary/aromatic N) is 2. The summed E-state index contributed by atoms with van der Waals surface area (Å²) >= 11 is 0. The van der Waals surface area contributed by atoms with Gasteiger partial charge in [0.1, 0.15) is 5.75 Å². The van der Waals surface area contributed by atoms with Gasteiger partial charge in [0.05, 0.1) is 13.2 Å². The SMILES string of the molecule is CCNC(=O)CN1CCCN(C(=O)/C=C/c2ccc(OCC)cc2)CC1. The van der Waals surface area contributed by atoms with Crippen LogP contribution in [0.15, 0.2) is 30.3 Å². The molecule has 1 saturated heterocycles. The quantitative estimate of drug-likeness (QED) is 0.754. The largest absolute Gasteiger partial charge is 0.494 e. The summed E-state index contributed by atoms with van der Waals surface area (Å²) in [6.45, 7) is 8.47. The molecule has 0 spiro atoms. The lowest BCUT2D eigenvalue weighted by atomic mass is 10.2. The molecular weight excluding hydrogens is 330 g/mol. The second-order valence-corrected chi connectivity index (χ2v) is 6.24. The third-order valence-electron chi connectivity index (χ3n) is 4.25. The van der Waals surface area contributed by atoms with E-state index in [1.54, 1.807) is 6.08 Å². The predicted octanol–water partition coefficient (Wildman–Crippen LogP) is 1.77. The fourth-order valence-electron chi connectivity index (χ4n) is 2.92. The van der Waals surface area contributed by atoms with Crippen molar-refractivity contribution in [1.82, 2.24) is 15.1 Å². The van der Waals surface area contributed by atoms with E-state index in [-0.39, 0.29) is 11.8 Å². The number of benzene rings is 1. The maximum Gasteiger partial charge on any atom is 0.246 e. The highest BCUT2D eigenvalue weighted by Crippen LogP contribution is 2.13. The Kier molecular flexibility index (Phi) is 8.15. The van der Waals surface area contributed by atoms with Gasteiger partial charge in [-0.25, -0.2) is 0 Å². The first-order valence-corrected chi connectivity index (χ1v) is 9.31. The maximum atomic E-state index is 12.4. The van der Waals surface area contributed by atoms with Gasteiger partial charge in [-0.05, 0) is 44.0 Å². The first kappa shape index (κ1) is 20.0. The van der Waals surface area contributed by atoms with Crippen LogP contribution in [0.3, 0.4) is 0 Å². The van der Waals surface area contributed by atoms with Gasteiger partial charge in [-0.1, -0.05) is 12.1 Å². The third kappa shape index (κ3) is 6.52. The number of likely N-dealkylation sites (N-methyl/N-ethyl adjacent to an activating group) is 1. The Morgan fingerprint density at radius 1 is 1.12 bits per heavy atom. The van der Waals surface area contributed by atoms with Crippen LogP contribution in [-0.4, -0.2) is 67.5 Å². The third-order valence-corrected chi connectivity index (χ3v) is 4.25. The van der Waals surface area contributed by atoms with Crippen molar-refractivity contribution in [3.05, 3.63) is 35.9 Å². The highest BCUT2D eigenvalue weighted by molar-refractivity contribution is 5.91. The molecule has 2 rings (SSSR count). The van der Waals surface area contributed by atoms with Crippen LogP contribution < -0.4 is 10.1 Å². The molecule has 1 N–H and O–H groups in total. The molecule has 0 radical (unpaired) electrons. The summed E-state index contributed by atoms with van der Waals surface area (Å²) in [5, 5.41) is 2.82. The first-order chi connectivity index (χ1) is 12.6. The predicted molar refractivity (Wildman–Crippen MR) is 103 cm³/mol. The van der Waals surface area contributed by atoms with Gasteiger partial charge in [0, 0.05) is 38.8 Å². The molecule has 6 nitrogen and oxygen atoms in total. The second kappa shape index (κ2) is 10.6. The van der Waals surface area contributed by atoms with E-state index in [9.17, 15) is 9.59 Å². The van der Waals surface area contributed by atoms with E-state index in [1.165, 1.54) is 0 Å². The number of hydrogen-bond acceptors (Lipinski definition) is 4. The Hall–Kier alpha value is -2.34. The Morgan fingerprint density at radius 3 is 2.58 bits per heavy atom. The van der Waals surface area contributed by atoms with Crippen molar-refractivity contribution in [3.63, 3.8) is 0 Å². The van der Waals surface area contributed by atoms with Crippen molar-refractivity contribution in [3.8, 4) is 5.75 Å². The van der Waals surface area contributed by atoms with E-state index in [1.807, 2.05) is 49.1 Å². The maximum absolute atomic E-state index is 12.4. The molecule has 1 aliphatic heterocycles. The second-order valence-electron chi connectivity index (χ2n) is 6.24. The van der Waals surface area contributed by atoms with E-state index in [4.69, 9.17) is 4.74 Å². The molecule has 0 aromatic heterocycles. The van der Waals surface area contributed by atoms with E-state index in [0.717, 1.165) is 37.4 Å². The van der Waals surface area contributed by atoms with Gasteiger partial charge in [-0.15, -0.1) is 0 Å². The van der Waals surface area contributed by atoms with Crippen molar-refractivity contribution in [1.29, 1.82) is 0 Å². The zero-order valence-electron chi connectivity index (χ0n) is 15.7. The van der Waals surface area contributed by atoms with Crippen molar-refractivity contribution < 1.29 is 14.3 Å². The van der Waals surface area contributed by atoms with E-state index in [0.29, 0.717) is 26.2 Å². The Balaban J connectivity index is 1.84. The van der Waals surface area contributed by atoms with Gasteiger partial charge in [-0.3, -0.25) is 14.5 Å². The summed E-state index contributed by atoms with van der Waals surface area (Å²) < 4.78 is 5.42. The molecule has 1 aromatic rings. The van der Waals surface area contributed by atoms with Gasteiger partial charge in [0.25, 0.3) is 0 Å². The van der Waals surface area contributed by atoms with Crippen LogP contribution in [0.1, 0.15) is 25.8 Å². The molecule has 0 bridgehead atoms. The molecule has 1 heterocycles. The average Bonchev–Trinajstić information content (AvgIpc) is 2.87. The summed E-state index contributed by atoms with van der Waals surface area (Å²) in [7, 11) is 0. The standard InChI is InChI=1S/C20H29N3O3/c1-3-21-19(24)16-22-12-5-13-23(15-14-22)20(25)11-8-17-6-9-18(10-7-17)26-4-2/h6-11H,3-5,12-16H2,1-2H3,(H,21,24)/b11-8+. The number of nitrogens with one attached hydrogen (secondary N) is 1. The summed E-state index contributed by atoms with van der Waals surface area (Å²) in [4.78, 5) is 28.1. The minimum absolute atomic E-state index is 0.0127. The minimum atomic E-state index is 0.0127. The number of hydrogen-bond donors (Lipinski definition) is 1. The van der Waals surface area contributed by atoms with Gasteiger partial charge < -0.3 is 15.0 Å². The van der Waals surface area contributed by atoms with Crippen LogP contribution in [0.4, 0.5) is 0 Å². The smallest absolute Gasteiger partial charge is 0.246 e. The molecule has 1 aromatic carbocycles. The van der Waals surface area contributed by atoms with Crippen molar-refractivity contribution in [2.45, 2.75) is 20.3 Å². The summed E-state index contributed by atoms with van der Waals surface area (Å²) in [6, 6.07) is 7.67. The lowest BCUT2D eigenvalue weighted by Crippen LogP contribution is -2.39. The number of carbonyl (C=O) groups is 2. The van der Waals surface area contributed by atoms with Crippen LogP contribution in [0.2, 0.25) is 0 Å². The summed E-state index contributed by atoms with van der Waals surface area (Å²) in [5.74, 6) is 0.886. The molecule has 1 fully saturated rings. The molecular formula is C20H29N3O3. The van der Waals surface area contributed by atoms with Gasteiger partial charge in [0.2, 0.25) is 11.8 Å². The average molecular weight is 359 g/mol. The van der Waals surface area contributed by atoms with Crippen LogP contribution in [0, 0.1) is 0 Å². The number of rotatable bonds is 7. The molecule has 0 atom stereocenters. The Bertz CT molecular complexity index is 613. The highest BCUT2D eigenvalue weighted by atomic mass is 16.5. The first-order valence-electron chi connectivity index (χ1n) is 9.31. The van der Waals surface area contributed by atoms with Crippen molar-refractivity contribution in [2.24, 2.45) is 0 Å². The summed E-state index contributed by atoms with van der Waals surface area (Å²) in [6.07, 6.45) is 4.33. The minimum Gasteiger partial charge on any atom is -0.494 e. The highest BCUT2D eigenvalue weighted by Gasteiger charge is 2.18. The van der Waals surface area contributed by atoms with Crippen LogP contribution in [-0.2, 0) is 9.59 Å². The molecule has 6 heteroatoms. The molecule has 0 saturated carbocycles. The number of ether oxygens (including phenoxy) is 1. The molecule has 0 unspecified atom stereocenters. The van der Waals surface area contributed by atoms with Gasteiger partial charge in [-0.2, -0.15) is 0 Å². The van der Waals surface area contributed by atoms with Crippen LogP contribution >= 0.6 is 0 Å². The topological polar surface area (TPSA) is 61.9 Å². The van der Waals surface area contributed by atoms with Crippen molar-refractivity contribution >= 4 is 17.9 Å². The number of carbonyl (C=O) groups excluding carboxylic acids is 2. The van der Waals surface area contributed by atoms with Crippen LogP contribution in [0.5, 0.6) is 5.75 Å². The fraction of sp³-hybridized carbons (Fsp3) is 0.500. The van der Waals surface area contributed by atoms with Crippen molar-refractivity contribution in [2.75, 3.05) is 45.9 Å². The number of amides is 2. The molecule has 26 heavy (non-hydrogen) atoms. The Labute approximate surface area is 155 Å². The zero-order chi connectivity index (χ0) is 18.8. The van der Waals surface area contributed by atoms with E-state index < -0.39 is 0 Å². The lowest BCUT2D eigenvalue weighted by molar-refractivity contribution is -0.125. The summed E-state index contributed by atoms with van der Waals surface area (Å²) in [5.41, 5.74) is 0.967. The van der Waals surface area contributed by atoms with E-state index in [2.05, 4.69) is 10.2 Å². The van der Waals surface area contributed by atoms with Gasteiger partial charge in [0.15, 0.2) is 0 Å². The zero-order valence-corrected chi connectivity index (χ0v) is 15.7. The fourth-order valence-corrected chi connectivity index (χ4v) is 2.92. The lowest BCUT2D eigenvalue weighted by Gasteiger charge is -2.20. The normalized spacial score (nSPS) is 15.7. The van der Waals surface area contributed by atoms with Gasteiger partial charge >= 0.3 is 0 Å². The molecule has 1 aliphatic rings. The van der Waals surface area contributed by atoms with E-state index >= 15 is 0 Å². The molecule has 0 aliphatic carbocycles. The molecule has 2 amide bonds. The van der Waals surface area contributed by atoms with Crippen LogP contribution in [0.25, 0.3) is 6.08 Å². The monoisotopic (exact) mass is 359 g/mol. The Morgan fingerprint density at radius 2 is 1.88 bits per heavy atom.